The van der Waals surface area contributed by atoms with Crippen LogP contribution in [0.1, 0.15) is 36.0 Å². The van der Waals surface area contributed by atoms with Crippen molar-refractivity contribution >= 4 is 11.1 Å². The van der Waals surface area contributed by atoms with Crippen molar-refractivity contribution < 1.29 is 4.42 Å². The van der Waals surface area contributed by atoms with Crippen LogP contribution in [0.4, 0.5) is 0 Å². The van der Waals surface area contributed by atoms with Crippen molar-refractivity contribution in [3.05, 3.63) is 106 Å². The number of aromatic nitrogens is 1. The largest absolute Gasteiger partial charge is 0.417 e. The van der Waals surface area contributed by atoms with Gasteiger partial charge in [-0.15, -0.1) is 0 Å². The van der Waals surface area contributed by atoms with E-state index < -0.39 is 5.76 Å². The molecule has 31 heavy (non-hydrogen) atoms. The lowest BCUT2D eigenvalue weighted by Gasteiger charge is -2.22. The third-order valence-corrected chi connectivity index (χ3v) is 5.73. The summed E-state index contributed by atoms with van der Waals surface area (Å²) in [6.45, 7) is 3.03. The number of nitrogens with zero attached hydrogens (tertiary/aromatic N) is 1. The predicted octanol–water partition coefficient (Wildman–Crippen LogP) is 5.58. The highest BCUT2D eigenvalue weighted by molar-refractivity contribution is 5.72. The lowest BCUT2D eigenvalue weighted by atomic mass is 10.1. The van der Waals surface area contributed by atoms with Crippen molar-refractivity contribution in [2.45, 2.75) is 38.6 Å². The zero-order valence-corrected chi connectivity index (χ0v) is 17.9. The number of benzene rings is 3. The fourth-order valence-corrected chi connectivity index (χ4v) is 4.03. The third-order valence-electron chi connectivity index (χ3n) is 5.73. The number of H-pyrrole nitrogens is 1. The van der Waals surface area contributed by atoms with Gasteiger partial charge in [0, 0.05) is 13.1 Å². The Labute approximate surface area is 183 Å². The number of unbranched alkanes of at least 4 members (excludes halogenated alkanes) is 2. The molecule has 1 aromatic heterocycles. The minimum absolute atomic E-state index is 0.395. The fraction of sp³-hybridized carbons (Fsp3) is 0.296. The van der Waals surface area contributed by atoms with Crippen molar-refractivity contribution in [3.8, 4) is 0 Å². The van der Waals surface area contributed by atoms with Crippen LogP contribution in [0.25, 0.3) is 11.1 Å². The molecule has 0 aliphatic heterocycles. The number of nitrogens with one attached hydrogen (secondary N) is 1. The molecule has 0 amide bonds. The van der Waals surface area contributed by atoms with E-state index in [1.54, 1.807) is 0 Å². The smallest absolute Gasteiger partial charge is 0.408 e. The van der Waals surface area contributed by atoms with Gasteiger partial charge in [0.2, 0.25) is 0 Å². The maximum absolute atomic E-state index is 11.4. The molecule has 0 fully saturated rings. The van der Waals surface area contributed by atoms with Crippen molar-refractivity contribution in [3.63, 3.8) is 0 Å². The quantitative estimate of drug-likeness (QED) is 0.326. The molecule has 160 valence electrons. The Bertz CT molecular complexity index is 1120. The molecular weight excluding hydrogens is 384 g/mol. The van der Waals surface area contributed by atoms with E-state index in [2.05, 4.69) is 76.6 Å². The Hall–Kier alpha value is -3.11. The van der Waals surface area contributed by atoms with Gasteiger partial charge < -0.3 is 4.42 Å². The van der Waals surface area contributed by atoms with Crippen molar-refractivity contribution in [1.82, 2.24) is 9.88 Å². The highest BCUT2D eigenvalue weighted by Crippen LogP contribution is 2.15. The van der Waals surface area contributed by atoms with E-state index in [0.29, 0.717) is 5.58 Å². The highest BCUT2D eigenvalue weighted by Gasteiger charge is 2.08. The summed E-state index contributed by atoms with van der Waals surface area (Å²) in [5.41, 5.74) is 5.36. The summed E-state index contributed by atoms with van der Waals surface area (Å²) in [5.74, 6) is -0.395. The van der Waals surface area contributed by atoms with Gasteiger partial charge >= 0.3 is 5.76 Å². The van der Waals surface area contributed by atoms with Gasteiger partial charge in [-0.1, -0.05) is 73.2 Å². The molecule has 0 aliphatic carbocycles. The van der Waals surface area contributed by atoms with Gasteiger partial charge in [-0.25, -0.2) is 4.79 Å². The Balaban J connectivity index is 1.31. The van der Waals surface area contributed by atoms with Crippen LogP contribution in [0.2, 0.25) is 0 Å². The molecule has 3 aromatic carbocycles. The molecule has 0 bridgehead atoms. The maximum atomic E-state index is 11.4. The summed E-state index contributed by atoms with van der Waals surface area (Å²) < 4.78 is 5.21. The van der Waals surface area contributed by atoms with Crippen LogP contribution in [0.5, 0.6) is 0 Å². The average molecular weight is 415 g/mol. The van der Waals surface area contributed by atoms with Gasteiger partial charge in [-0.05, 0) is 61.1 Å². The normalized spacial score (nSPS) is 11.4. The topological polar surface area (TPSA) is 49.2 Å². The fourth-order valence-electron chi connectivity index (χ4n) is 4.03. The van der Waals surface area contributed by atoms with Gasteiger partial charge in [0.15, 0.2) is 5.58 Å². The number of aryl methyl sites for hydroxylation is 1. The van der Waals surface area contributed by atoms with Crippen molar-refractivity contribution in [2.75, 3.05) is 13.1 Å². The van der Waals surface area contributed by atoms with Crippen LogP contribution >= 0.6 is 0 Å². The first-order valence-electron chi connectivity index (χ1n) is 11.2. The first kappa shape index (κ1) is 21.1. The maximum Gasteiger partial charge on any atom is 0.417 e. The Morgan fingerprint density at radius 2 is 1.45 bits per heavy atom. The molecule has 4 rings (SSSR count). The van der Waals surface area contributed by atoms with Crippen LogP contribution in [0.15, 0.2) is 88.1 Å². The Morgan fingerprint density at radius 1 is 0.710 bits per heavy atom. The van der Waals surface area contributed by atoms with Crippen molar-refractivity contribution in [2.24, 2.45) is 0 Å². The van der Waals surface area contributed by atoms with Gasteiger partial charge in [0.1, 0.15) is 0 Å². The van der Waals surface area contributed by atoms with E-state index in [4.69, 9.17) is 4.42 Å². The molecule has 4 aromatic rings. The lowest BCUT2D eigenvalue weighted by molar-refractivity contribution is 0.262. The molecule has 0 spiro atoms. The predicted molar refractivity (Wildman–Crippen MR) is 126 cm³/mol. The zero-order valence-electron chi connectivity index (χ0n) is 17.9. The van der Waals surface area contributed by atoms with Crippen LogP contribution in [0, 0.1) is 0 Å². The molecule has 1 N–H and O–H groups in total. The number of aromatic amines is 1. The molecule has 0 saturated carbocycles. The number of hydrogen-bond acceptors (Lipinski definition) is 3. The first-order chi connectivity index (χ1) is 15.3. The van der Waals surface area contributed by atoms with E-state index >= 15 is 0 Å². The SMILES string of the molecule is O=c1[nH]c2ccc(CCN(CCCCCc3ccccc3)Cc3ccccc3)cc2o1. The standard InChI is InChI=1S/C27H30N2O2/c30-27-28-25-16-15-23(20-26(25)31-27)17-19-29(21-24-13-6-2-7-14-24)18-9-3-8-12-22-10-4-1-5-11-22/h1-2,4-7,10-11,13-16,20H,3,8-9,12,17-19,21H2,(H,28,30). The second kappa shape index (κ2) is 10.8. The molecule has 4 nitrogen and oxygen atoms in total. The van der Waals surface area contributed by atoms with Gasteiger partial charge in [0.25, 0.3) is 0 Å². The zero-order chi connectivity index (χ0) is 21.3. The summed E-state index contributed by atoms with van der Waals surface area (Å²) in [7, 11) is 0. The minimum atomic E-state index is -0.395. The summed E-state index contributed by atoms with van der Waals surface area (Å²) in [4.78, 5) is 16.6. The highest BCUT2D eigenvalue weighted by atomic mass is 16.4. The molecule has 0 radical (unpaired) electrons. The molecule has 1 heterocycles. The number of oxazole rings is 1. The van der Waals surface area contributed by atoms with Crippen LogP contribution in [-0.4, -0.2) is 23.0 Å². The number of hydrogen-bond donors (Lipinski definition) is 1. The van der Waals surface area contributed by atoms with E-state index in [1.807, 2.05) is 12.1 Å². The molecule has 0 saturated heterocycles. The van der Waals surface area contributed by atoms with E-state index in [1.165, 1.54) is 36.0 Å². The van der Waals surface area contributed by atoms with Crippen LogP contribution in [0.3, 0.4) is 0 Å². The van der Waals surface area contributed by atoms with Gasteiger partial charge in [0.05, 0.1) is 5.52 Å². The second-order valence-corrected chi connectivity index (χ2v) is 8.15. The van der Waals surface area contributed by atoms with Crippen LogP contribution < -0.4 is 5.76 Å². The van der Waals surface area contributed by atoms with E-state index in [9.17, 15) is 4.79 Å². The molecular formula is C27H30N2O2. The Kier molecular flexibility index (Phi) is 7.35. The summed E-state index contributed by atoms with van der Waals surface area (Å²) in [6.07, 6.45) is 5.75. The van der Waals surface area contributed by atoms with E-state index in [0.717, 1.165) is 38.0 Å². The van der Waals surface area contributed by atoms with Crippen molar-refractivity contribution in [1.29, 1.82) is 0 Å². The molecule has 0 unspecified atom stereocenters. The van der Waals surface area contributed by atoms with E-state index in [-0.39, 0.29) is 0 Å². The van der Waals surface area contributed by atoms with Crippen LogP contribution in [-0.2, 0) is 19.4 Å². The third kappa shape index (κ3) is 6.43. The minimum Gasteiger partial charge on any atom is -0.408 e. The lowest BCUT2D eigenvalue weighted by Crippen LogP contribution is -2.27. The number of fused-ring (bicyclic) bond motifs is 1. The summed E-state index contributed by atoms with van der Waals surface area (Å²) >= 11 is 0. The second-order valence-electron chi connectivity index (χ2n) is 8.15. The van der Waals surface area contributed by atoms with Gasteiger partial charge in [-0.2, -0.15) is 0 Å². The molecule has 0 aliphatic rings. The first-order valence-corrected chi connectivity index (χ1v) is 11.2. The summed E-state index contributed by atoms with van der Waals surface area (Å²) in [5, 5.41) is 0. The summed E-state index contributed by atoms with van der Waals surface area (Å²) in [6, 6.07) is 27.4. The average Bonchev–Trinajstić information content (AvgIpc) is 3.17. The monoisotopic (exact) mass is 414 g/mol. The molecule has 4 heteroatoms. The van der Waals surface area contributed by atoms with Gasteiger partial charge in [-0.3, -0.25) is 9.88 Å². The number of rotatable bonds is 11. The molecule has 0 atom stereocenters. The Morgan fingerprint density at radius 3 is 2.23 bits per heavy atom.